The highest BCUT2D eigenvalue weighted by Gasteiger charge is 2.25. The minimum Gasteiger partial charge on any atom is -0.326 e. The van der Waals surface area contributed by atoms with Crippen molar-refractivity contribution in [2.45, 2.75) is 43.4 Å². The molecular weight excluding hydrogens is 388 g/mol. The van der Waals surface area contributed by atoms with Crippen molar-refractivity contribution in [3.05, 3.63) is 60.2 Å². The quantitative estimate of drug-likeness (QED) is 0.698. The number of ketones is 1. The number of nitrogens with zero attached hydrogens (tertiary/aromatic N) is 1. The average molecular weight is 415 g/mol. The molecule has 7 heteroatoms. The molecule has 0 radical (unpaired) electrons. The van der Waals surface area contributed by atoms with E-state index in [4.69, 9.17) is 0 Å². The maximum Gasteiger partial charge on any atom is 0.243 e. The fourth-order valence-electron chi connectivity index (χ4n) is 3.36. The first-order chi connectivity index (χ1) is 14.0. The van der Waals surface area contributed by atoms with Crippen LogP contribution in [-0.4, -0.2) is 37.5 Å². The molecule has 0 aromatic heterocycles. The molecule has 2 aromatic rings. The minimum atomic E-state index is -3.51. The third-order valence-electron chi connectivity index (χ3n) is 5.02. The molecule has 0 bridgehead atoms. The zero-order chi connectivity index (χ0) is 20.7. The lowest BCUT2D eigenvalue weighted by Crippen LogP contribution is -2.31. The first-order valence-electron chi connectivity index (χ1n) is 9.95. The summed E-state index contributed by atoms with van der Waals surface area (Å²) in [6.07, 6.45) is 4.08. The first kappa shape index (κ1) is 21.2. The van der Waals surface area contributed by atoms with E-state index in [0.717, 1.165) is 25.7 Å². The van der Waals surface area contributed by atoms with Crippen molar-refractivity contribution in [2.24, 2.45) is 0 Å². The van der Waals surface area contributed by atoms with Crippen molar-refractivity contribution in [3.8, 4) is 0 Å². The van der Waals surface area contributed by atoms with Gasteiger partial charge in [-0.3, -0.25) is 9.59 Å². The molecule has 1 N–H and O–H groups in total. The summed E-state index contributed by atoms with van der Waals surface area (Å²) in [5, 5.41) is 2.72. The number of amides is 1. The van der Waals surface area contributed by atoms with E-state index in [9.17, 15) is 18.0 Å². The van der Waals surface area contributed by atoms with Crippen LogP contribution in [0.15, 0.2) is 59.5 Å². The fourth-order valence-corrected chi connectivity index (χ4v) is 4.88. The molecule has 154 valence electrons. The van der Waals surface area contributed by atoms with E-state index in [0.29, 0.717) is 24.3 Å². The van der Waals surface area contributed by atoms with Gasteiger partial charge in [0.2, 0.25) is 15.9 Å². The van der Waals surface area contributed by atoms with Crippen LogP contribution in [0.5, 0.6) is 0 Å². The van der Waals surface area contributed by atoms with Crippen LogP contribution in [0.4, 0.5) is 5.69 Å². The molecule has 29 heavy (non-hydrogen) atoms. The van der Waals surface area contributed by atoms with Gasteiger partial charge in [-0.1, -0.05) is 43.2 Å². The maximum absolute atomic E-state index is 12.8. The van der Waals surface area contributed by atoms with Gasteiger partial charge in [-0.25, -0.2) is 8.42 Å². The number of nitrogens with one attached hydrogen (secondary N) is 1. The maximum atomic E-state index is 12.8. The number of anilines is 1. The number of hydrogen-bond acceptors (Lipinski definition) is 4. The topological polar surface area (TPSA) is 83.5 Å². The molecule has 1 saturated heterocycles. The predicted molar refractivity (Wildman–Crippen MR) is 112 cm³/mol. The lowest BCUT2D eigenvalue weighted by molar-refractivity contribution is -0.116. The summed E-state index contributed by atoms with van der Waals surface area (Å²) in [5.41, 5.74) is 1.10. The zero-order valence-electron chi connectivity index (χ0n) is 16.3. The Labute approximate surface area is 172 Å². The molecule has 0 atom stereocenters. The van der Waals surface area contributed by atoms with Crippen molar-refractivity contribution in [3.63, 3.8) is 0 Å². The highest BCUT2D eigenvalue weighted by Crippen LogP contribution is 2.22. The smallest absolute Gasteiger partial charge is 0.243 e. The average Bonchev–Trinajstić information content (AvgIpc) is 3.03. The predicted octanol–water partition coefficient (Wildman–Crippen LogP) is 3.85. The molecular formula is C22H26N2O4S. The van der Waals surface area contributed by atoms with E-state index in [-0.39, 0.29) is 29.4 Å². The van der Waals surface area contributed by atoms with Crippen LogP contribution >= 0.6 is 0 Å². The molecule has 1 aliphatic heterocycles. The Hall–Kier alpha value is -2.51. The van der Waals surface area contributed by atoms with E-state index in [2.05, 4.69) is 5.32 Å². The van der Waals surface area contributed by atoms with Crippen LogP contribution in [-0.2, 0) is 14.8 Å². The Kier molecular flexibility index (Phi) is 7.17. The molecule has 1 amide bonds. The molecule has 1 fully saturated rings. The van der Waals surface area contributed by atoms with Gasteiger partial charge in [0.1, 0.15) is 0 Å². The van der Waals surface area contributed by atoms with E-state index >= 15 is 0 Å². The van der Waals surface area contributed by atoms with Crippen molar-refractivity contribution >= 4 is 27.4 Å². The van der Waals surface area contributed by atoms with Crippen molar-refractivity contribution in [1.82, 2.24) is 4.31 Å². The second-order valence-corrected chi connectivity index (χ2v) is 9.12. The fraction of sp³-hybridized carbons (Fsp3) is 0.364. The van der Waals surface area contributed by atoms with E-state index in [1.54, 1.807) is 40.7 Å². The second kappa shape index (κ2) is 9.80. The number of carbonyl (C=O) groups is 2. The molecule has 0 unspecified atom stereocenters. The lowest BCUT2D eigenvalue weighted by Gasteiger charge is -2.20. The third-order valence-corrected chi connectivity index (χ3v) is 6.93. The monoisotopic (exact) mass is 414 g/mol. The van der Waals surface area contributed by atoms with Gasteiger partial charge in [0, 0.05) is 37.2 Å². The van der Waals surface area contributed by atoms with Crippen LogP contribution in [0, 0.1) is 0 Å². The van der Waals surface area contributed by atoms with Crippen LogP contribution in [0.2, 0.25) is 0 Å². The minimum absolute atomic E-state index is 0.0710. The largest absolute Gasteiger partial charge is 0.326 e. The van der Waals surface area contributed by atoms with Crippen LogP contribution < -0.4 is 5.32 Å². The summed E-state index contributed by atoms with van der Waals surface area (Å²) in [7, 11) is -3.51. The number of hydrogen-bond donors (Lipinski definition) is 1. The Bertz CT molecular complexity index is 933. The number of sulfonamides is 1. The molecule has 0 aliphatic carbocycles. The van der Waals surface area contributed by atoms with E-state index < -0.39 is 10.0 Å². The van der Waals surface area contributed by atoms with Crippen LogP contribution in [0.1, 0.15) is 48.9 Å². The Morgan fingerprint density at radius 3 is 2.07 bits per heavy atom. The summed E-state index contributed by atoms with van der Waals surface area (Å²) in [4.78, 5) is 24.4. The molecule has 6 nitrogen and oxygen atoms in total. The van der Waals surface area contributed by atoms with Crippen LogP contribution in [0.3, 0.4) is 0 Å². The zero-order valence-corrected chi connectivity index (χ0v) is 17.2. The second-order valence-electron chi connectivity index (χ2n) is 7.18. The first-order valence-corrected chi connectivity index (χ1v) is 11.4. The molecule has 1 heterocycles. The SMILES string of the molecule is O=C(CCC(=O)c1ccccc1)Nc1ccc(S(=O)(=O)N2CCCCCC2)cc1. The summed E-state index contributed by atoms with van der Waals surface area (Å²) >= 11 is 0. The van der Waals surface area contributed by atoms with Crippen molar-refractivity contribution in [2.75, 3.05) is 18.4 Å². The molecule has 0 spiro atoms. The number of rotatable bonds is 7. The van der Waals surface area contributed by atoms with E-state index in [1.165, 1.54) is 12.1 Å². The highest BCUT2D eigenvalue weighted by atomic mass is 32.2. The van der Waals surface area contributed by atoms with Gasteiger partial charge in [0.15, 0.2) is 5.78 Å². The Balaban J connectivity index is 1.55. The Morgan fingerprint density at radius 1 is 0.828 bits per heavy atom. The van der Waals surface area contributed by atoms with Gasteiger partial charge in [0.05, 0.1) is 4.90 Å². The molecule has 0 saturated carbocycles. The Morgan fingerprint density at radius 2 is 1.45 bits per heavy atom. The highest BCUT2D eigenvalue weighted by molar-refractivity contribution is 7.89. The molecule has 1 aliphatic rings. The summed E-state index contributed by atoms with van der Waals surface area (Å²) < 4.78 is 27.1. The summed E-state index contributed by atoms with van der Waals surface area (Å²) in [6.45, 7) is 1.10. The van der Waals surface area contributed by atoms with Gasteiger partial charge >= 0.3 is 0 Å². The van der Waals surface area contributed by atoms with Gasteiger partial charge in [0.25, 0.3) is 0 Å². The lowest BCUT2D eigenvalue weighted by atomic mass is 10.1. The summed E-state index contributed by atoms with van der Waals surface area (Å²) in [5.74, 6) is -0.364. The van der Waals surface area contributed by atoms with Gasteiger partial charge in [-0.2, -0.15) is 4.31 Å². The standard InChI is InChI=1S/C22H26N2O4S/c25-21(18-8-4-3-5-9-18)14-15-22(26)23-19-10-12-20(13-11-19)29(27,28)24-16-6-1-2-7-17-24/h3-5,8-13H,1-2,6-7,14-17H2,(H,23,26). The number of Topliss-reactive ketones (excluding diaryl/α,β-unsaturated/α-hetero) is 1. The van der Waals surface area contributed by atoms with Gasteiger partial charge in [-0.15, -0.1) is 0 Å². The molecule has 3 rings (SSSR count). The van der Waals surface area contributed by atoms with Gasteiger partial charge in [-0.05, 0) is 37.1 Å². The summed E-state index contributed by atoms with van der Waals surface area (Å²) in [6, 6.07) is 15.1. The molecule has 2 aromatic carbocycles. The van der Waals surface area contributed by atoms with E-state index in [1.807, 2.05) is 6.07 Å². The third kappa shape index (κ3) is 5.74. The van der Waals surface area contributed by atoms with Crippen LogP contribution in [0.25, 0.3) is 0 Å². The van der Waals surface area contributed by atoms with Gasteiger partial charge < -0.3 is 5.32 Å². The van der Waals surface area contributed by atoms with Crippen molar-refractivity contribution < 1.29 is 18.0 Å². The number of carbonyl (C=O) groups excluding carboxylic acids is 2. The number of benzene rings is 2. The normalized spacial score (nSPS) is 15.4. The van der Waals surface area contributed by atoms with Crippen molar-refractivity contribution in [1.29, 1.82) is 0 Å².